The molecule has 1 aliphatic heterocycles. The number of pyridine rings is 1. The van der Waals surface area contributed by atoms with Gasteiger partial charge in [0, 0.05) is 23.4 Å². The van der Waals surface area contributed by atoms with Gasteiger partial charge in [0.1, 0.15) is 5.60 Å². The molecule has 0 spiro atoms. The highest BCUT2D eigenvalue weighted by Crippen LogP contribution is 2.32. The first kappa shape index (κ1) is 23.2. The first-order valence-electron chi connectivity index (χ1n) is 10.7. The summed E-state index contributed by atoms with van der Waals surface area (Å²) in [5.41, 5.74) is 1.99. The molecule has 8 heteroatoms. The van der Waals surface area contributed by atoms with Gasteiger partial charge in [-0.2, -0.15) is 0 Å². The van der Waals surface area contributed by atoms with Crippen LogP contribution in [0.15, 0.2) is 36.5 Å². The molecule has 1 aromatic heterocycles. The second-order valence-corrected chi connectivity index (χ2v) is 9.05. The molecule has 0 aliphatic carbocycles. The summed E-state index contributed by atoms with van der Waals surface area (Å²) in [6.45, 7) is 7.23. The number of carbonyl (C=O) groups excluding carboxylic acids is 2. The fraction of sp³-hybridized carbons (Fsp3) is 0.417. The second-order valence-electron chi connectivity index (χ2n) is 9.05. The Bertz CT molecular complexity index is 1030. The van der Waals surface area contributed by atoms with E-state index in [1.54, 1.807) is 39.1 Å². The minimum absolute atomic E-state index is 0.0857. The van der Waals surface area contributed by atoms with Crippen molar-refractivity contribution in [3.8, 4) is 11.1 Å². The van der Waals surface area contributed by atoms with Crippen LogP contribution in [-0.4, -0.2) is 33.7 Å². The van der Waals surface area contributed by atoms with Crippen molar-refractivity contribution in [1.82, 2.24) is 10.3 Å². The number of fused-ring (bicyclic) bond motifs is 4. The maximum absolute atomic E-state index is 12.8. The van der Waals surface area contributed by atoms with E-state index in [2.05, 4.69) is 15.6 Å². The van der Waals surface area contributed by atoms with Gasteiger partial charge < -0.3 is 20.5 Å². The number of hydrogen-bond acceptors (Lipinski definition) is 5. The molecule has 1 aliphatic rings. The van der Waals surface area contributed by atoms with E-state index in [1.165, 1.54) is 12.1 Å². The van der Waals surface area contributed by atoms with Crippen LogP contribution in [0.2, 0.25) is 0 Å². The van der Waals surface area contributed by atoms with Crippen LogP contribution < -0.4 is 10.6 Å². The monoisotopic (exact) mass is 439 g/mol. The molecule has 2 aromatic rings. The zero-order chi connectivity index (χ0) is 23.5. The van der Waals surface area contributed by atoms with Crippen molar-refractivity contribution < 1.29 is 24.2 Å². The maximum atomic E-state index is 12.8. The average molecular weight is 440 g/mol. The fourth-order valence-corrected chi connectivity index (χ4v) is 3.60. The van der Waals surface area contributed by atoms with Crippen molar-refractivity contribution in [2.75, 3.05) is 5.32 Å². The lowest BCUT2D eigenvalue weighted by Gasteiger charge is -2.25. The van der Waals surface area contributed by atoms with Gasteiger partial charge in [-0.15, -0.1) is 0 Å². The Balaban J connectivity index is 2.04. The molecule has 32 heavy (non-hydrogen) atoms. The van der Waals surface area contributed by atoms with E-state index >= 15 is 0 Å². The van der Waals surface area contributed by atoms with Gasteiger partial charge in [0.15, 0.2) is 0 Å². The molecule has 2 amide bonds. The summed E-state index contributed by atoms with van der Waals surface area (Å²) in [4.78, 5) is 41.1. The molecule has 2 atom stereocenters. The van der Waals surface area contributed by atoms with Crippen LogP contribution in [0.3, 0.4) is 0 Å². The molecule has 8 nitrogen and oxygen atoms in total. The number of alkyl carbamates (subject to hydrolysis) is 1. The van der Waals surface area contributed by atoms with E-state index in [0.717, 1.165) is 5.56 Å². The molecule has 2 unspecified atom stereocenters. The Hall–Kier alpha value is -3.42. The lowest BCUT2D eigenvalue weighted by atomic mass is 9.95. The molecule has 0 saturated heterocycles. The number of hydrogen-bond donors (Lipinski definition) is 3. The van der Waals surface area contributed by atoms with Crippen LogP contribution in [0.1, 0.15) is 69.1 Å². The third-order valence-electron chi connectivity index (χ3n) is 5.24. The molecule has 0 fully saturated rings. The van der Waals surface area contributed by atoms with Crippen LogP contribution in [-0.2, 0) is 9.53 Å². The van der Waals surface area contributed by atoms with Crippen molar-refractivity contribution in [1.29, 1.82) is 0 Å². The van der Waals surface area contributed by atoms with E-state index < -0.39 is 17.7 Å². The van der Waals surface area contributed by atoms with Crippen LogP contribution in [0.25, 0.3) is 11.1 Å². The molecule has 2 bridgehead atoms. The summed E-state index contributed by atoms with van der Waals surface area (Å²) in [5.74, 6) is -1.54. The van der Waals surface area contributed by atoms with Gasteiger partial charge in [0.25, 0.3) is 0 Å². The van der Waals surface area contributed by atoms with Gasteiger partial charge >= 0.3 is 12.1 Å². The number of carboxylic acids is 1. The molecule has 0 saturated carbocycles. The number of amides is 2. The van der Waals surface area contributed by atoms with Gasteiger partial charge in [-0.25, -0.2) is 9.59 Å². The summed E-state index contributed by atoms with van der Waals surface area (Å²) in [7, 11) is 0. The minimum atomic E-state index is -1.07. The summed E-state index contributed by atoms with van der Waals surface area (Å²) in [6, 6.07) is 7.88. The Morgan fingerprint density at radius 1 is 1.19 bits per heavy atom. The van der Waals surface area contributed by atoms with E-state index in [0.29, 0.717) is 36.2 Å². The number of anilines is 1. The quantitative estimate of drug-likeness (QED) is 0.620. The zero-order valence-corrected chi connectivity index (χ0v) is 18.8. The SMILES string of the molecule is CC1CCCC(NC(=O)OC(C)(C)C)c2cc(ccn2)-c2ccc(C(=O)O)cc2NC1=O. The number of aromatic nitrogens is 1. The summed E-state index contributed by atoms with van der Waals surface area (Å²) < 4.78 is 5.42. The van der Waals surface area contributed by atoms with E-state index in [4.69, 9.17) is 4.74 Å². The van der Waals surface area contributed by atoms with Gasteiger partial charge in [-0.3, -0.25) is 9.78 Å². The summed E-state index contributed by atoms with van der Waals surface area (Å²) in [6.07, 6.45) is 2.99. The molecule has 3 N–H and O–H groups in total. The topological polar surface area (TPSA) is 118 Å². The molecule has 170 valence electrons. The lowest BCUT2D eigenvalue weighted by Crippen LogP contribution is -2.35. The molecule has 0 radical (unpaired) electrons. The van der Waals surface area contributed by atoms with Gasteiger partial charge in [-0.05, 0) is 63.4 Å². The number of benzene rings is 1. The summed E-state index contributed by atoms with van der Waals surface area (Å²) >= 11 is 0. The second kappa shape index (κ2) is 9.38. The minimum Gasteiger partial charge on any atom is -0.478 e. The van der Waals surface area contributed by atoms with Crippen molar-refractivity contribution in [3.63, 3.8) is 0 Å². The van der Waals surface area contributed by atoms with E-state index in [-0.39, 0.29) is 23.4 Å². The van der Waals surface area contributed by atoms with Crippen LogP contribution in [0.5, 0.6) is 0 Å². The highest BCUT2D eigenvalue weighted by molar-refractivity contribution is 5.99. The van der Waals surface area contributed by atoms with Gasteiger partial charge in [0.05, 0.1) is 17.3 Å². The van der Waals surface area contributed by atoms with E-state index in [1.807, 2.05) is 13.0 Å². The Morgan fingerprint density at radius 3 is 2.62 bits per heavy atom. The fourth-order valence-electron chi connectivity index (χ4n) is 3.60. The first-order chi connectivity index (χ1) is 15.0. The first-order valence-corrected chi connectivity index (χ1v) is 10.7. The number of rotatable bonds is 2. The summed E-state index contributed by atoms with van der Waals surface area (Å²) in [5, 5.41) is 15.2. The number of nitrogens with zero attached hydrogens (tertiary/aromatic N) is 1. The predicted molar refractivity (Wildman–Crippen MR) is 120 cm³/mol. The van der Waals surface area contributed by atoms with Crippen molar-refractivity contribution >= 4 is 23.7 Å². The number of carbonyl (C=O) groups is 3. The van der Waals surface area contributed by atoms with Crippen molar-refractivity contribution in [2.24, 2.45) is 5.92 Å². The Labute approximate surface area is 187 Å². The molecular weight excluding hydrogens is 410 g/mol. The smallest absolute Gasteiger partial charge is 0.408 e. The van der Waals surface area contributed by atoms with Gasteiger partial charge in [-0.1, -0.05) is 19.4 Å². The van der Waals surface area contributed by atoms with Gasteiger partial charge in [0.2, 0.25) is 5.91 Å². The Morgan fingerprint density at radius 2 is 1.94 bits per heavy atom. The number of carboxylic acid groups (broad SMARTS) is 1. The molecular formula is C24H29N3O5. The van der Waals surface area contributed by atoms with E-state index in [9.17, 15) is 19.5 Å². The highest BCUT2D eigenvalue weighted by atomic mass is 16.6. The zero-order valence-electron chi connectivity index (χ0n) is 18.8. The molecule has 2 heterocycles. The largest absolute Gasteiger partial charge is 0.478 e. The van der Waals surface area contributed by atoms with Crippen LogP contribution in [0, 0.1) is 5.92 Å². The average Bonchev–Trinajstić information content (AvgIpc) is 2.71. The number of ether oxygens (including phenoxy) is 1. The standard InChI is InChI=1S/C24H29N3O5/c1-14-6-5-7-18(27-23(31)32-24(2,3)4)20-12-15(10-11-25-20)17-9-8-16(22(29)30)13-19(17)26-21(14)28/h8-14,18H,5-7H2,1-4H3,(H,26,28)(H,27,31)(H,29,30). The molecule has 3 rings (SSSR count). The normalized spacial score (nSPS) is 18.9. The third-order valence-corrected chi connectivity index (χ3v) is 5.24. The third kappa shape index (κ3) is 5.84. The lowest BCUT2D eigenvalue weighted by molar-refractivity contribution is -0.119. The Kier molecular flexibility index (Phi) is 6.81. The maximum Gasteiger partial charge on any atom is 0.408 e. The van der Waals surface area contributed by atoms with Crippen molar-refractivity contribution in [2.45, 2.75) is 58.6 Å². The van der Waals surface area contributed by atoms with Crippen LogP contribution >= 0.6 is 0 Å². The van der Waals surface area contributed by atoms with Crippen LogP contribution in [0.4, 0.5) is 10.5 Å². The number of aromatic carboxylic acids is 1. The predicted octanol–water partition coefficient (Wildman–Crippen LogP) is 4.77. The molecule has 1 aromatic carbocycles. The number of nitrogens with one attached hydrogen (secondary N) is 2. The highest BCUT2D eigenvalue weighted by Gasteiger charge is 2.24. The van der Waals surface area contributed by atoms with Crippen molar-refractivity contribution in [3.05, 3.63) is 47.8 Å².